The molecule has 134 valence electrons. The highest BCUT2D eigenvalue weighted by molar-refractivity contribution is 5.67. The normalized spacial score (nSPS) is 13.3. The number of nitrogens with one attached hydrogen (secondary N) is 1. The van der Waals surface area contributed by atoms with Gasteiger partial charge in [-0.25, -0.2) is 13.6 Å². The van der Waals surface area contributed by atoms with Crippen molar-refractivity contribution in [3.63, 3.8) is 0 Å². The highest BCUT2D eigenvalue weighted by Crippen LogP contribution is 2.28. The fourth-order valence-electron chi connectivity index (χ4n) is 2.26. The first-order valence-corrected chi connectivity index (χ1v) is 7.66. The second-order valence-electron chi connectivity index (χ2n) is 5.38. The van der Waals surface area contributed by atoms with Crippen LogP contribution in [0.5, 0.6) is 0 Å². The van der Waals surface area contributed by atoms with Gasteiger partial charge in [0.05, 0.1) is 0 Å². The van der Waals surface area contributed by atoms with Gasteiger partial charge in [0.25, 0.3) is 6.43 Å². The van der Waals surface area contributed by atoms with Crippen molar-refractivity contribution in [1.29, 1.82) is 0 Å². The smallest absolute Gasteiger partial charge is 0.407 e. The van der Waals surface area contributed by atoms with Crippen molar-refractivity contribution in [3.05, 3.63) is 71.3 Å². The summed E-state index contributed by atoms with van der Waals surface area (Å²) in [5.74, 6) is 0. The average Bonchev–Trinajstić information content (AvgIpc) is 2.64. The van der Waals surface area contributed by atoms with Gasteiger partial charge in [-0.1, -0.05) is 54.6 Å². The highest BCUT2D eigenvalue weighted by atomic mass is 19.3. The number of alkyl carbamates (subject to hydrolysis) is 1. The van der Waals surface area contributed by atoms with Gasteiger partial charge >= 0.3 is 6.09 Å². The molecule has 2 unspecified atom stereocenters. The number of ether oxygens (including phenoxy) is 1. The topological polar surface area (TPSA) is 78.8 Å². The minimum atomic E-state index is -2.78. The molecular weight excluding hydrogens is 332 g/mol. The van der Waals surface area contributed by atoms with Crippen LogP contribution in [0.2, 0.25) is 0 Å². The summed E-state index contributed by atoms with van der Waals surface area (Å²) in [6.45, 7) is -0.286. The van der Waals surface area contributed by atoms with Gasteiger partial charge in [0.1, 0.15) is 18.8 Å². The van der Waals surface area contributed by atoms with Gasteiger partial charge in [-0.2, -0.15) is 0 Å². The zero-order valence-corrected chi connectivity index (χ0v) is 13.3. The van der Waals surface area contributed by atoms with E-state index in [1.54, 1.807) is 24.3 Å². The summed E-state index contributed by atoms with van der Waals surface area (Å²) in [6.07, 6.45) is -6.57. The van der Waals surface area contributed by atoms with Crippen molar-refractivity contribution < 1.29 is 28.5 Å². The molecule has 0 aromatic heterocycles. The quantitative estimate of drug-likeness (QED) is 0.717. The first-order chi connectivity index (χ1) is 12.0. The number of hydrogen-bond acceptors (Lipinski definition) is 4. The van der Waals surface area contributed by atoms with Crippen molar-refractivity contribution >= 4 is 6.09 Å². The first-order valence-electron chi connectivity index (χ1n) is 7.66. The molecule has 0 spiro atoms. The zero-order valence-electron chi connectivity index (χ0n) is 13.3. The molecule has 0 aliphatic heterocycles. The Hall–Kier alpha value is -2.51. The van der Waals surface area contributed by atoms with E-state index in [4.69, 9.17) is 4.74 Å². The monoisotopic (exact) mass is 351 g/mol. The van der Waals surface area contributed by atoms with Crippen molar-refractivity contribution in [2.45, 2.75) is 25.2 Å². The molecule has 0 aliphatic carbocycles. The molecule has 0 aliphatic rings. The molecule has 0 fully saturated rings. The molecule has 2 rings (SSSR count). The maximum atomic E-state index is 12.9. The molecule has 5 nitrogen and oxygen atoms in total. The highest BCUT2D eigenvalue weighted by Gasteiger charge is 2.24. The summed E-state index contributed by atoms with van der Waals surface area (Å²) in [5, 5.41) is 22.3. The molecule has 0 heterocycles. The number of benzene rings is 2. The molecule has 3 N–H and O–H groups in total. The van der Waals surface area contributed by atoms with Gasteiger partial charge in [-0.3, -0.25) is 0 Å². The maximum absolute atomic E-state index is 12.9. The lowest BCUT2D eigenvalue weighted by Gasteiger charge is -2.21. The Morgan fingerprint density at radius 1 is 1.00 bits per heavy atom. The average molecular weight is 351 g/mol. The van der Waals surface area contributed by atoms with Crippen LogP contribution < -0.4 is 5.32 Å². The fourth-order valence-corrected chi connectivity index (χ4v) is 2.26. The lowest BCUT2D eigenvalue weighted by molar-refractivity contribution is 0.0157. The van der Waals surface area contributed by atoms with Crippen LogP contribution in [-0.2, 0) is 11.3 Å². The van der Waals surface area contributed by atoms with Gasteiger partial charge in [0, 0.05) is 12.1 Å². The molecule has 25 heavy (non-hydrogen) atoms. The summed E-state index contributed by atoms with van der Waals surface area (Å²) < 4.78 is 30.9. The maximum Gasteiger partial charge on any atom is 0.407 e. The largest absolute Gasteiger partial charge is 0.445 e. The Morgan fingerprint density at radius 3 is 2.24 bits per heavy atom. The van der Waals surface area contributed by atoms with E-state index in [1.165, 1.54) is 24.3 Å². The predicted molar refractivity (Wildman–Crippen MR) is 87.0 cm³/mol. The number of halogens is 2. The van der Waals surface area contributed by atoms with E-state index in [0.717, 1.165) is 5.56 Å². The van der Waals surface area contributed by atoms with E-state index in [9.17, 15) is 23.8 Å². The van der Waals surface area contributed by atoms with Crippen molar-refractivity contribution in [3.8, 4) is 0 Å². The number of carbonyl (C=O) groups excluding carboxylic acids is 1. The second kappa shape index (κ2) is 9.10. The molecule has 7 heteroatoms. The summed E-state index contributed by atoms with van der Waals surface area (Å²) in [6, 6.07) is 14.4. The Balaban J connectivity index is 1.85. The van der Waals surface area contributed by atoms with Gasteiger partial charge in [-0.05, 0) is 11.1 Å². The predicted octanol–water partition coefficient (Wildman–Crippen LogP) is 2.94. The van der Waals surface area contributed by atoms with E-state index < -0.39 is 24.7 Å². The molecule has 1 amide bonds. The summed E-state index contributed by atoms with van der Waals surface area (Å²) >= 11 is 0. The number of amides is 1. The third kappa shape index (κ3) is 5.51. The lowest BCUT2D eigenvalue weighted by Crippen LogP contribution is -2.36. The van der Waals surface area contributed by atoms with E-state index in [0.29, 0.717) is 0 Å². The molecule has 2 atom stereocenters. The Kier molecular flexibility index (Phi) is 6.85. The van der Waals surface area contributed by atoms with Gasteiger partial charge < -0.3 is 20.3 Å². The van der Waals surface area contributed by atoms with Crippen LogP contribution in [0.1, 0.15) is 29.2 Å². The third-order valence-electron chi connectivity index (χ3n) is 3.58. The molecular formula is C18H19F2NO4. The van der Waals surface area contributed by atoms with Crippen molar-refractivity contribution in [2.24, 2.45) is 0 Å². The first kappa shape index (κ1) is 18.8. The minimum Gasteiger partial charge on any atom is -0.445 e. The zero-order chi connectivity index (χ0) is 18.2. The van der Waals surface area contributed by atoms with Gasteiger partial charge in [0.15, 0.2) is 0 Å². The van der Waals surface area contributed by atoms with E-state index >= 15 is 0 Å². The molecule has 0 saturated carbocycles. The Bertz CT molecular complexity index is 682. The third-order valence-corrected chi connectivity index (χ3v) is 3.58. The fraction of sp³-hybridized carbons (Fsp3) is 0.278. The standard InChI is InChI=1S/C18H19F2NO4/c19-17(20)14-9-5-4-8-13(14)16(23)15(22)10-21-18(24)25-11-12-6-2-1-3-7-12/h1-9,15-17,22-23H,10-11H2,(H,21,24). The molecule has 0 bridgehead atoms. The Labute approximate surface area is 143 Å². The number of carbonyl (C=O) groups is 1. The van der Waals surface area contributed by atoms with Crippen LogP contribution in [0, 0.1) is 0 Å². The number of aliphatic hydroxyl groups is 2. The number of aliphatic hydroxyl groups excluding tert-OH is 2. The van der Waals surface area contributed by atoms with E-state index in [1.807, 2.05) is 6.07 Å². The second-order valence-corrected chi connectivity index (χ2v) is 5.38. The van der Waals surface area contributed by atoms with Crippen molar-refractivity contribution in [1.82, 2.24) is 5.32 Å². The van der Waals surface area contributed by atoms with Gasteiger partial charge in [-0.15, -0.1) is 0 Å². The lowest BCUT2D eigenvalue weighted by atomic mass is 9.99. The molecule has 0 radical (unpaired) electrons. The summed E-state index contributed by atoms with van der Waals surface area (Å²) in [7, 11) is 0. The van der Waals surface area contributed by atoms with Crippen LogP contribution in [0.25, 0.3) is 0 Å². The molecule has 2 aromatic rings. The van der Waals surface area contributed by atoms with Crippen LogP contribution in [0.15, 0.2) is 54.6 Å². The minimum absolute atomic E-state index is 0.0551. The summed E-state index contributed by atoms with van der Waals surface area (Å²) in [4.78, 5) is 11.6. The van der Waals surface area contributed by atoms with Crippen LogP contribution in [0.3, 0.4) is 0 Å². The SMILES string of the molecule is O=C(NCC(O)C(O)c1ccccc1C(F)F)OCc1ccccc1. The summed E-state index contributed by atoms with van der Waals surface area (Å²) in [5.41, 5.74) is 0.356. The van der Waals surface area contributed by atoms with Crippen LogP contribution in [0.4, 0.5) is 13.6 Å². The Morgan fingerprint density at radius 2 is 1.60 bits per heavy atom. The van der Waals surface area contributed by atoms with Crippen molar-refractivity contribution in [2.75, 3.05) is 6.54 Å². The van der Waals surface area contributed by atoms with Crippen LogP contribution >= 0.6 is 0 Å². The molecule has 2 aromatic carbocycles. The number of alkyl halides is 2. The number of rotatable bonds is 7. The molecule has 0 saturated heterocycles. The number of hydrogen-bond donors (Lipinski definition) is 3. The van der Waals surface area contributed by atoms with E-state index in [2.05, 4.69) is 5.32 Å². The van der Waals surface area contributed by atoms with Gasteiger partial charge in [0.2, 0.25) is 0 Å². The van der Waals surface area contributed by atoms with E-state index in [-0.39, 0.29) is 24.3 Å². The van der Waals surface area contributed by atoms with Crippen LogP contribution in [-0.4, -0.2) is 29.0 Å².